The Bertz CT molecular complexity index is 564. The van der Waals surface area contributed by atoms with Crippen molar-refractivity contribution in [2.24, 2.45) is 0 Å². The van der Waals surface area contributed by atoms with Crippen LogP contribution >= 0.6 is 0 Å². The molecule has 0 aromatic heterocycles. The van der Waals surface area contributed by atoms with Gasteiger partial charge in [0, 0.05) is 37.3 Å². The molecule has 1 aromatic rings. The molecule has 6 nitrogen and oxygen atoms in total. The van der Waals surface area contributed by atoms with Gasteiger partial charge in [0.1, 0.15) is 0 Å². The summed E-state index contributed by atoms with van der Waals surface area (Å²) in [6, 6.07) is 3.55. The second-order valence-corrected chi connectivity index (χ2v) is 5.22. The summed E-state index contributed by atoms with van der Waals surface area (Å²) in [5.74, 6) is -1.22. The molecular formula is C14H18FN3O3. The molecule has 0 aliphatic carbocycles. The molecule has 1 aromatic carbocycles. The number of hydrogen-bond acceptors (Lipinski definition) is 4. The number of nitro groups is 1. The molecular weight excluding hydrogens is 277 g/mol. The summed E-state index contributed by atoms with van der Waals surface area (Å²) in [5.41, 5.74) is -0.510. The van der Waals surface area contributed by atoms with Crippen molar-refractivity contribution in [1.82, 2.24) is 9.80 Å². The highest BCUT2D eigenvalue weighted by molar-refractivity contribution is 5.95. The third-order valence-corrected chi connectivity index (χ3v) is 3.93. The van der Waals surface area contributed by atoms with Crippen molar-refractivity contribution in [2.75, 3.05) is 26.7 Å². The highest BCUT2D eigenvalue weighted by atomic mass is 19.1. The average molecular weight is 295 g/mol. The Morgan fingerprint density at radius 1 is 1.48 bits per heavy atom. The van der Waals surface area contributed by atoms with Crippen LogP contribution in [0.5, 0.6) is 0 Å². The Balaban J connectivity index is 2.20. The van der Waals surface area contributed by atoms with Crippen LogP contribution in [0.3, 0.4) is 0 Å². The Labute approximate surface area is 122 Å². The monoisotopic (exact) mass is 295 g/mol. The highest BCUT2D eigenvalue weighted by Gasteiger charge is 2.28. The SMILES string of the molecule is CCC1CN(C(=O)c2ccc(F)c([N+](=O)[O-])c2)CCN1C. The van der Waals surface area contributed by atoms with E-state index in [1.165, 1.54) is 6.07 Å². The summed E-state index contributed by atoms with van der Waals surface area (Å²) in [6.07, 6.45) is 0.920. The number of carbonyl (C=O) groups is 1. The summed E-state index contributed by atoms with van der Waals surface area (Å²) < 4.78 is 13.3. The first-order valence-electron chi connectivity index (χ1n) is 6.87. The van der Waals surface area contributed by atoms with Gasteiger partial charge in [-0.05, 0) is 25.6 Å². The first-order chi connectivity index (χ1) is 9.93. The van der Waals surface area contributed by atoms with E-state index < -0.39 is 16.4 Å². The largest absolute Gasteiger partial charge is 0.336 e. The number of nitrogens with zero attached hydrogens (tertiary/aromatic N) is 3. The Morgan fingerprint density at radius 2 is 2.19 bits per heavy atom. The van der Waals surface area contributed by atoms with E-state index in [0.717, 1.165) is 25.1 Å². The first-order valence-corrected chi connectivity index (χ1v) is 6.87. The minimum absolute atomic E-state index is 0.155. The number of hydrogen-bond donors (Lipinski definition) is 0. The van der Waals surface area contributed by atoms with Gasteiger partial charge in [-0.3, -0.25) is 19.8 Å². The number of rotatable bonds is 3. The van der Waals surface area contributed by atoms with Crippen LogP contribution in [-0.4, -0.2) is 53.4 Å². The molecule has 1 unspecified atom stereocenters. The van der Waals surface area contributed by atoms with Gasteiger partial charge in [0.2, 0.25) is 5.82 Å². The van der Waals surface area contributed by atoms with Crippen LogP contribution in [0, 0.1) is 15.9 Å². The number of nitro benzene ring substituents is 1. The van der Waals surface area contributed by atoms with Gasteiger partial charge >= 0.3 is 5.69 Å². The predicted octanol–water partition coefficient (Wildman–Crippen LogP) is 1.90. The van der Waals surface area contributed by atoms with Crippen LogP contribution in [0.15, 0.2) is 18.2 Å². The maximum Gasteiger partial charge on any atom is 0.305 e. The summed E-state index contributed by atoms with van der Waals surface area (Å²) in [5, 5.41) is 10.7. The minimum atomic E-state index is -0.929. The molecule has 114 valence electrons. The predicted molar refractivity (Wildman–Crippen MR) is 75.7 cm³/mol. The van der Waals surface area contributed by atoms with Crippen molar-refractivity contribution < 1.29 is 14.1 Å². The highest BCUT2D eigenvalue weighted by Crippen LogP contribution is 2.21. The molecule has 0 radical (unpaired) electrons. The average Bonchev–Trinajstić information content (AvgIpc) is 2.47. The van der Waals surface area contributed by atoms with Crippen molar-refractivity contribution in [3.63, 3.8) is 0 Å². The van der Waals surface area contributed by atoms with Gasteiger partial charge in [0.25, 0.3) is 5.91 Å². The maximum absolute atomic E-state index is 13.3. The van der Waals surface area contributed by atoms with Crippen LogP contribution in [0.1, 0.15) is 23.7 Å². The Kier molecular flexibility index (Phi) is 4.52. The maximum atomic E-state index is 13.3. The Hall–Kier alpha value is -2.02. The molecule has 1 aliphatic rings. The molecule has 2 rings (SSSR count). The number of benzene rings is 1. The van der Waals surface area contributed by atoms with Crippen LogP contribution in [0.4, 0.5) is 10.1 Å². The summed E-state index contributed by atoms with van der Waals surface area (Å²) in [7, 11) is 2.01. The molecule has 1 amide bonds. The lowest BCUT2D eigenvalue weighted by Gasteiger charge is -2.39. The van der Waals surface area contributed by atoms with Gasteiger partial charge in [0.05, 0.1) is 4.92 Å². The number of carbonyl (C=O) groups excluding carboxylic acids is 1. The van der Waals surface area contributed by atoms with E-state index >= 15 is 0 Å². The third-order valence-electron chi connectivity index (χ3n) is 3.93. The lowest BCUT2D eigenvalue weighted by Crippen LogP contribution is -2.52. The molecule has 7 heteroatoms. The van der Waals surface area contributed by atoms with Crippen molar-refractivity contribution in [3.8, 4) is 0 Å². The van der Waals surface area contributed by atoms with Crippen molar-refractivity contribution >= 4 is 11.6 Å². The van der Waals surface area contributed by atoms with Gasteiger partial charge in [-0.2, -0.15) is 4.39 Å². The topological polar surface area (TPSA) is 66.7 Å². The molecule has 0 bridgehead atoms. The second-order valence-electron chi connectivity index (χ2n) is 5.22. The fourth-order valence-electron chi connectivity index (χ4n) is 2.54. The van der Waals surface area contributed by atoms with Crippen molar-refractivity contribution in [2.45, 2.75) is 19.4 Å². The molecule has 0 saturated carbocycles. The standard InChI is InChI=1S/C14H18FN3O3/c1-3-11-9-17(7-6-16(11)2)14(19)10-4-5-12(15)13(8-10)18(20)21/h4-5,8,11H,3,6-7,9H2,1-2H3. The lowest BCUT2D eigenvalue weighted by molar-refractivity contribution is -0.387. The van der Waals surface area contributed by atoms with Gasteiger partial charge in [0.15, 0.2) is 0 Å². The molecule has 21 heavy (non-hydrogen) atoms. The number of likely N-dealkylation sites (N-methyl/N-ethyl adjacent to an activating group) is 1. The fraction of sp³-hybridized carbons (Fsp3) is 0.500. The van der Waals surface area contributed by atoms with Crippen LogP contribution < -0.4 is 0 Å². The van der Waals surface area contributed by atoms with E-state index in [4.69, 9.17) is 0 Å². The smallest absolute Gasteiger partial charge is 0.305 e. The zero-order valence-corrected chi connectivity index (χ0v) is 12.1. The molecule has 0 N–H and O–H groups in total. The van der Waals surface area contributed by atoms with Crippen molar-refractivity contribution in [1.29, 1.82) is 0 Å². The summed E-state index contributed by atoms with van der Waals surface area (Å²) in [4.78, 5) is 26.2. The minimum Gasteiger partial charge on any atom is -0.336 e. The van der Waals surface area contributed by atoms with Gasteiger partial charge in [-0.25, -0.2) is 0 Å². The van der Waals surface area contributed by atoms with Crippen LogP contribution in [0.25, 0.3) is 0 Å². The number of piperazine rings is 1. The number of halogens is 1. The Morgan fingerprint density at radius 3 is 2.81 bits per heavy atom. The number of amides is 1. The second kappa shape index (κ2) is 6.17. The quantitative estimate of drug-likeness (QED) is 0.631. The molecule has 1 fully saturated rings. The van der Waals surface area contributed by atoms with E-state index in [-0.39, 0.29) is 17.5 Å². The molecule has 1 heterocycles. The fourth-order valence-corrected chi connectivity index (χ4v) is 2.54. The molecule has 1 aliphatic heterocycles. The van der Waals surface area contributed by atoms with Gasteiger partial charge < -0.3 is 4.90 Å². The molecule has 1 atom stereocenters. The molecule has 1 saturated heterocycles. The first kappa shape index (κ1) is 15.4. The van der Waals surface area contributed by atoms with Crippen LogP contribution in [0.2, 0.25) is 0 Å². The normalized spacial score (nSPS) is 19.6. The van der Waals surface area contributed by atoms with E-state index in [2.05, 4.69) is 11.8 Å². The molecule has 0 spiro atoms. The summed E-state index contributed by atoms with van der Waals surface area (Å²) in [6.45, 7) is 3.96. The zero-order valence-electron chi connectivity index (χ0n) is 12.1. The zero-order chi connectivity index (χ0) is 15.6. The van der Waals surface area contributed by atoms with E-state index in [1.807, 2.05) is 7.05 Å². The van der Waals surface area contributed by atoms with Gasteiger partial charge in [-0.1, -0.05) is 6.92 Å². The van der Waals surface area contributed by atoms with Crippen LogP contribution in [-0.2, 0) is 0 Å². The summed E-state index contributed by atoms with van der Waals surface area (Å²) >= 11 is 0. The lowest BCUT2D eigenvalue weighted by atomic mass is 10.1. The van der Waals surface area contributed by atoms with E-state index in [1.54, 1.807) is 4.90 Å². The van der Waals surface area contributed by atoms with Crippen molar-refractivity contribution in [3.05, 3.63) is 39.7 Å². The van der Waals surface area contributed by atoms with E-state index in [0.29, 0.717) is 13.1 Å². The third kappa shape index (κ3) is 3.18. The van der Waals surface area contributed by atoms with Gasteiger partial charge in [-0.15, -0.1) is 0 Å². The van der Waals surface area contributed by atoms with E-state index in [9.17, 15) is 19.3 Å².